The zero-order valence-corrected chi connectivity index (χ0v) is 19.8. The minimum atomic E-state index is -0.602. The summed E-state index contributed by atoms with van der Waals surface area (Å²) in [5, 5.41) is 4.70. The first-order valence-corrected chi connectivity index (χ1v) is 11.1. The van der Waals surface area contributed by atoms with Crippen molar-refractivity contribution in [3.05, 3.63) is 46.7 Å². The molecule has 0 atom stereocenters. The van der Waals surface area contributed by atoms with E-state index in [1.807, 2.05) is 51.1 Å². The van der Waals surface area contributed by atoms with Crippen molar-refractivity contribution in [2.75, 3.05) is 31.1 Å². The van der Waals surface area contributed by atoms with Crippen LogP contribution in [0.25, 0.3) is 16.7 Å². The lowest BCUT2D eigenvalue weighted by Gasteiger charge is -2.36. The molecule has 2 amide bonds. The molecule has 4 rings (SSSR count). The lowest BCUT2D eigenvalue weighted by molar-refractivity contribution is 0.0240. The van der Waals surface area contributed by atoms with E-state index in [1.54, 1.807) is 11.1 Å². The second kappa shape index (κ2) is 8.42. The van der Waals surface area contributed by atoms with E-state index in [0.29, 0.717) is 42.9 Å². The van der Waals surface area contributed by atoms with Crippen LogP contribution in [0, 0.1) is 0 Å². The number of rotatable bonds is 3. The SMILES string of the molecule is CC(C)(C)OC(=O)N1CCN(c2ccnc3c(C(N)=O)n(-c4ccc(Br)cc4)nc23)CC1. The molecule has 2 N–H and O–H groups in total. The first-order valence-electron chi connectivity index (χ1n) is 10.3. The Morgan fingerprint density at radius 1 is 1.03 bits per heavy atom. The highest BCUT2D eigenvalue weighted by Crippen LogP contribution is 2.29. The Hall–Kier alpha value is -3.14. The van der Waals surface area contributed by atoms with E-state index in [0.717, 1.165) is 10.2 Å². The maximum Gasteiger partial charge on any atom is 0.410 e. The highest BCUT2D eigenvalue weighted by molar-refractivity contribution is 9.10. The number of ether oxygens (including phenoxy) is 1. The van der Waals surface area contributed by atoms with Crippen molar-refractivity contribution in [3.63, 3.8) is 0 Å². The Kier molecular flexibility index (Phi) is 5.81. The van der Waals surface area contributed by atoms with E-state index < -0.39 is 11.5 Å². The van der Waals surface area contributed by atoms with Crippen molar-refractivity contribution in [2.24, 2.45) is 5.73 Å². The lowest BCUT2D eigenvalue weighted by atomic mass is 10.2. The lowest BCUT2D eigenvalue weighted by Crippen LogP contribution is -2.50. The molecule has 1 saturated heterocycles. The Bertz CT molecular complexity index is 1160. The third-order valence-corrected chi connectivity index (χ3v) is 5.64. The van der Waals surface area contributed by atoms with E-state index in [1.165, 1.54) is 4.68 Å². The molecule has 1 aliphatic heterocycles. The zero-order valence-electron chi connectivity index (χ0n) is 18.2. The molecule has 0 radical (unpaired) electrons. The van der Waals surface area contributed by atoms with Crippen LogP contribution in [0.2, 0.25) is 0 Å². The van der Waals surface area contributed by atoms with Gasteiger partial charge in [-0.25, -0.2) is 9.48 Å². The maximum atomic E-state index is 12.4. The largest absolute Gasteiger partial charge is 0.444 e. The van der Waals surface area contributed by atoms with Crippen LogP contribution in [0.15, 0.2) is 41.0 Å². The summed E-state index contributed by atoms with van der Waals surface area (Å²) in [7, 11) is 0. The first-order chi connectivity index (χ1) is 15.1. The number of carbonyl (C=O) groups is 2. The molecule has 3 heterocycles. The van der Waals surface area contributed by atoms with Crippen molar-refractivity contribution in [3.8, 4) is 5.69 Å². The fraction of sp³-hybridized carbons (Fsp3) is 0.364. The molecule has 3 aromatic rings. The van der Waals surface area contributed by atoms with Crippen LogP contribution in [0.1, 0.15) is 31.3 Å². The highest BCUT2D eigenvalue weighted by atomic mass is 79.9. The number of benzene rings is 1. The fourth-order valence-corrected chi connectivity index (χ4v) is 3.93. The van der Waals surface area contributed by atoms with Gasteiger partial charge < -0.3 is 20.3 Å². The summed E-state index contributed by atoms with van der Waals surface area (Å²) >= 11 is 3.42. The van der Waals surface area contributed by atoms with E-state index in [9.17, 15) is 9.59 Å². The Labute approximate surface area is 194 Å². The number of pyridine rings is 1. The van der Waals surface area contributed by atoms with Gasteiger partial charge in [-0.15, -0.1) is 0 Å². The number of fused-ring (bicyclic) bond motifs is 1. The second-order valence-corrected chi connectivity index (χ2v) is 9.50. The molecule has 0 aliphatic carbocycles. The molecular formula is C22H25BrN6O3. The Morgan fingerprint density at radius 2 is 1.69 bits per heavy atom. The number of amides is 2. The number of hydrogen-bond acceptors (Lipinski definition) is 6. The normalized spacial score (nSPS) is 14.6. The van der Waals surface area contributed by atoms with Gasteiger partial charge >= 0.3 is 6.09 Å². The average Bonchev–Trinajstić information content (AvgIpc) is 3.13. The molecule has 1 aromatic carbocycles. The number of hydrogen-bond donors (Lipinski definition) is 1. The van der Waals surface area contributed by atoms with Gasteiger partial charge in [0.2, 0.25) is 0 Å². The van der Waals surface area contributed by atoms with Gasteiger partial charge in [-0.1, -0.05) is 15.9 Å². The third-order valence-electron chi connectivity index (χ3n) is 5.12. The topological polar surface area (TPSA) is 107 Å². The number of nitrogens with two attached hydrogens (primary N) is 1. The summed E-state index contributed by atoms with van der Waals surface area (Å²) in [6, 6.07) is 9.31. The van der Waals surface area contributed by atoms with Gasteiger partial charge in [0.1, 0.15) is 16.6 Å². The van der Waals surface area contributed by atoms with Crippen LogP contribution in [-0.2, 0) is 4.74 Å². The molecule has 168 valence electrons. The quantitative estimate of drug-likeness (QED) is 0.590. The van der Waals surface area contributed by atoms with Crippen LogP contribution in [0.4, 0.5) is 10.5 Å². The fourth-order valence-electron chi connectivity index (χ4n) is 3.67. The summed E-state index contributed by atoms with van der Waals surface area (Å²) in [6.45, 7) is 7.82. The van der Waals surface area contributed by atoms with Gasteiger partial charge in [0.15, 0.2) is 5.69 Å². The highest BCUT2D eigenvalue weighted by Gasteiger charge is 2.28. The molecule has 32 heavy (non-hydrogen) atoms. The van der Waals surface area contributed by atoms with Crippen molar-refractivity contribution in [1.82, 2.24) is 19.7 Å². The van der Waals surface area contributed by atoms with Gasteiger partial charge in [0, 0.05) is 36.8 Å². The molecule has 10 heteroatoms. The number of halogens is 1. The van der Waals surface area contributed by atoms with Gasteiger partial charge in [0.05, 0.1) is 11.4 Å². The van der Waals surface area contributed by atoms with Crippen LogP contribution in [0.3, 0.4) is 0 Å². The summed E-state index contributed by atoms with van der Waals surface area (Å²) in [5.74, 6) is -0.602. The number of carbonyl (C=O) groups excluding carboxylic acids is 2. The Morgan fingerprint density at radius 3 is 2.28 bits per heavy atom. The van der Waals surface area contributed by atoms with Crippen molar-refractivity contribution < 1.29 is 14.3 Å². The summed E-state index contributed by atoms with van der Waals surface area (Å²) in [6.07, 6.45) is 1.34. The van der Waals surface area contributed by atoms with Crippen molar-refractivity contribution in [1.29, 1.82) is 0 Å². The van der Waals surface area contributed by atoms with Gasteiger partial charge in [-0.05, 0) is 51.1 Å². The molecule has 9 nitrogen and oxygen atoms in total. The summed E-state index contributed by atoms with van der Waals surface area (Å²) < 4.78 is 7.93. The van der Waals surface area contributed by atoms with Gasteiger partial charge in [0.25, 0.3) is 5.91 Å². The van der Waals surface area contributed by atoms with E-state index >= 15 is 0 Å². The second-order valence-electron chi connectivity index (χ2n) is 8.58. The third kappa shape index (κ3) is 4.40. The summed E-state index contributed by atoms with van der Waals surface area (Å²) in [4.78, 5) is 32.9. The van der Waals surface area contributed by atoms with Gasteiger partial charge in [-0.3, -0.25) is 9.78 Å². The van der Waals surface area contributed by atoms with Crippen LogP contribution < -0.4 is 10.6 Å². The first kappa shape index (κ1) is 22.1. The van der Waals surface area contributed by atoms with Crippen LogP contribution >= 0.6 is 15.9 Å². The molecule has 0 unspecified atom stereocenters. The van der Waals surface area contributed by atoms with Crippen molar-refractivity contribution >= 4 is 44.7 Å². The smallest absolute Gasteiger partial charge is 0.410 e. The molecule has 0 saturated carbocycles. The molecular weight excluding hydrogens is 476 g/mol. The van der Waals surface area contributed by atoms with Crippen molar-refractivity contribution in [2.45, 2.75) is 26.4 Å². The zero-order chi connectivity index (χ0) is 23.0. The molecule has 1 aliphatic rings. The molecule has 1 fully saturated rings. The van der Waals surface area contributed by atoms with E-state index in [2.05, 4.69) is 25.8 Å². The van der Waals surface area contributed by atoms with Gasteiger partial charge in [-0.2, -0.15) is 5.10 Å². The summed E-state index contributed by atoms with van der Waals surface area (Å²) in [5.41, 5.74) is 8.00. The number of nitrogens with zero attached hydrogens (tertiary/aromatic N) is 5. The predicted molar refractivity (Wildman–Crippen MR) is 125 cm³/mol. The van der Waals surface area contributed by atoms with Crippen LogP contribution in [0.5, 0.6) is 0 Å². The molecule has 0 spiro atoms. The standard InChI is InChI=1S/C22H25BrN6O3/c1-22(2,3)32-21(31)28-12-10-27(11-13-28)16-8-9-25-18-17(16)26-29(19(18)20(24)30)15-6-4-14(23)5-7-15/h4-9H,10-13H2,1-3H3,(H2,24,30). The van der Waals surface area contributed by atoms with E-state index in [4.69, 9.17) is 15.6 Å². The molecule has 0 bridgehead atoms. The maximum absolute atomic E-state index is 12.4. The minimum absolute atomic E-state index is 0.233. The van der Waals surface area contributed by atoms with Crippen LogP contribution in [-0.4, -0.2) is 63.4 Å². The monoisotopic (exact) mass is 500 g/mol. The number of piperazine rings is 1. The molecule has 2 aromatic heterocycles. The predicted octanol–water partition coefficient (Wildman–Crippen LogP) is 3.34. The number of primary amides is 1. The Balaban J connectivity index is 1.65. The minimum Gasteiger partial charge on any atom is -0.444 e. The number of anilines is 1. The number of aromatic nitrogens is 3. The average molecular weight is 501 g/mol. The van der Waals surface area contributed by atoms with E-state index in [-0.39, 0.29) is 11.8 Å².